The molecule has 0 bridgehead atoms. The molecule has 168 valence electrons. The molecule has 1 fully saturated rings. The Bertz CT molecular complexity index is 1140. The zero-order valence-electron chi connectivity index (χ0n) is 18.8. The van der Waals surface area contributed by atoms with Gasteiger partial charge >= 0.3 is 0 Å². The number of aryl methyl sites for hydroxylation is 1. The average molecular weight is 435 g/mol. The van der Waals surface area contributed by atoms with Gasteiger partial charge in [0.25, 0.3) is 5.91 Å². The third-order valence-corrected chi connectivity index (χ3v) is 6.31. The number of carbonyl (C=O) groups excluding carboxylic acids is 2. The van der Waals surface area contributed by atoms with Gasteiger partial charge in [-0.25, -0.2) is 4.98 Å². The molecule has 4 rings (SSSR count). The summed E-state index contributed by atoms with van der Waals surface area (Å²) in [5, 5.41) is 19.4. The first-order chi connectivity index (χ1) is 15.2. The number of aliphatic hydroxyl groups is 1. The Morgan fingerprint density at radius 3 is 2.66 bits per heavy atom. The molecular formula is C25H30N4O3. The Morgan fingerprint density at radius 2 is 2.00 bits per heavy atom. The summed E-state index contributed by atoms with van der Waals surface area (Å²) in [5.41, 5.74) is 1.87. The minimum Gasteiger partial charge on any atom is -0.386 e. The van der Waals surface area contributed by atoms with E-state index in [-0.39, 0.29) is 5.91 Å². The van der Waals surface area contributed by atoms with Crippen LogP contribution < -0.4 is 5.32 Å². The third-order valence-electron chi connectivity index (χ3n) is 6.31. The Balaban J connectivity index is 1.64. The molecule has 2 N–H and O–H groups in total. The van der Waals surface area contributed by atoms with Crippen molar-refractivity contribution in [3.63, 3.8) is 0 Å². The molecule has 0 radical (unpaired) electrons. The highest BCUT2D eigenvalue weighted by Gasteiger charge is 2.26. The second-order valence-electron chi connectivity index (χ2n) is 9.32. The van der Waals surface area contributed by atoms with Crippen molar-refractivity contribution < 1.29 is 14.7 Å². The standard InChI is InChI=1S/C25H30N4O3/c1-16-5-4-6-21(26-16)24(31)27-23-13-18-15-29(19-9-7-17(8-10-19)11-12-30)28-22(18)14-20(23)25(2,3)32/h4-6,12-15,17,19,32H,7-11H2,1-3H3,(H,27,31). The Kier molecular flexibility index (Phi) is 6.11. The maximum absolute atomic E-state index is 12.8. The molecule has 7 nitrogen and oxygen atoms in total. The average Bonchev–Trinajstić information content (AvgIpc) is 3.16. The predicted octanol–water partition coefficient (Wildman–Crippen LogP) is 4.54. The quantitative estimate of drug-likeness (QED) is 0.555. The molecule has 3 aromatic rings. The van der Waals surface area contributed by atoms with Crippen LogP contribution in [0.4, 0.5) is 5.69 Å². The van der Waals surface area contributed by atoms with Crippen LogP contribution in [0.5, 0.6) is 0 Å². The van der Waals surface area contributed by atoms with Crippen molar-refractivity contribution in [1.82, 2.24) is 14.8 Å². The fourth-order valence-electron chi connectivity index (χ4n) is 4.52. The lowest BCUT2D eigenvalue weighted by molar-refractivity contribution is -0.108. The first-order valence-electron chi connectivity index (χ1n) is 11.2. The molecule has 0 unspecified atom stereocenters. The number of pyridine rings is 1. The summed E-state index contributed by atoms with van der Waals surface area (Å²) in [5.74, 6) is 0.159. The van der Waals surface area contributed by atoms with Crippen LogP contribution in [0, 0.1) is 12.8 Å². The van der Waals surface area contributed by atoms with Gasteiger partial charge in [0, 0.05) is 34.9 Å². The molecule has 1 aliphatic rings. The molecule has 7 heteroatoms. The van der Waals surface area contributed by atoms with Gasteiger partial charge in [0.05, 0.1) is 17.2 Å². The van der Waals surface area contributed by atoms with Crippen LogP contribution in [0.1, 0.15) is 73.7 Å². The summed E-state index contributed by atoms with van der Waals surface area (Å²) < 4.78 is 2.00. The van der Waals surface area contributed by atoms with Gasteiger partial charge in [-0.1, -0.05) is 6.07 Å². The maximum atomic E-state index is 12.8. The van der Waals surface area contributed by atoms with Crippen molar-refractivity contribution in [2.45, 2.75) is 64.5 Å². The monoisotopic (exact) mass is 434 g/mol. The molecule has 0 saturated heterocycles. The molecule has 2 heterocycles. The molecule has 32 heavy (non-hydrogen) atoms. The van der Waals surface area contributed by atoms with E-state index >= 15 is 0 Å². The van der Waals surface area contributed by atoms with E-state index in [1.165, 1.54) is 0 Å². The fourth-order valence-corrected chi connectivity index (χ4v) is 4.52. The first kappa shape index (κ1) is 22.1. The molecule has 0 atom stereocenters. The number of nitrogens with zero attached hydrogens (tertiary/aromatic N) is 3. The van der Waals surface area contributed by atoms with Crippen molar-refractivity contribution >= 4 is 28.8 Å². The normalized spacial score (nSPS) is 19.1. The van der Waals surface area contributed by atoms with E-state index in [0.717, 1.165) is 48.6 Å². The second kappa shape index (κ2) is 8.82. The summed E-state index contributed by atoms with van der Waals surface area (Å²) in [6, 6.07) is 9.33. The lowest BCUT2D eigenvalue weighted by Crippen LogP contribution is -2.21. The first-order valence-corrected chi connectivity index (χ1v) is 11.2. The highest BCUT2D eigenvalue weighted by molar-refractivity contribution is 6.04. The van der Waals surface area contributed by atoms with Crippen LogP contribution in [0.3, 0.4) is 0 Å². The SMILES string of the molecule is Cc1cccc(C(=O)Nc2cc3cn(C4CCC(CC=O)CC4)nc3cc2C(C)(C)O)n1. The van der Waals surface area contributed by atoms with Crippen molar-refractivity contribution in [3.05, 3.63) is 53.5 Å². The van der Waals surface area contributed by atoms with E-state index in [1.54, 1.807) is 26.0 Å². The zero-order chi connectivity index (χ0) is 22.9. The van der Waals surface area contributed by atoms with Crippen molar-refractivity contribution in [2.75, 3.05) is 5.32 Å². The van der Waals surface area contributed by atoms with E-state index in [1.807, 2.05) is 36.0 Å². The van der Waals surface area contributed by atoms with E-state index in [4.69, 9.17) is 5.10 Å². The number of nitrogens with one attached hydrogen (secondary N) is 1. The summed E-state index contributed by atoms with van der Waals surface area (Å²) in [6.07, 6.45) is 7.71. The molecule has 1 aliphatic carbocycles. The van der Waals surface area contributed by atoms with Gasteiger partial charge in [0.1, 0.15) is 12.0 Å². The number of rotatable bonds is 6. The molecule has 0 spiro atoms. The smallest absolute Gasteiger partial charge is 0.274 e. The number of aldehydes is 1. The summed E-state index contributed by atoms with van der Waals surface area (Å²) >= 11 is 0. The van der Waals surface area contributed by atoms with E-state index in [0.29, 0.717) is 35.3 Å². The lowest BCUT2D eigenvalue weighted by Gasteiger charge is -2.27. The van der Waals surface area contributed by atoms with Crippen LogP contribution in [0.15, 0.2) is 36.5 Å². The summed E-state index contributed by atoms with van der Waals surface area (Å²) in [4.78, 5) is 27.9. The van der Waals surface area contributed by atoms with Gasteiger partial charge in [-0.3, -0.25) is 9.48 Å². The van der Waals surface area contributed by atoms with Gasteiger partial charge in [0.2, 0.25) is 0 Å². The van der Waals surface area contributed by atoms with Gasteiger partial charge in [-0.15, -0.1) is 0 Å². The van der Waals surface area contributed by atoms with Crippen LogP contribution in [-0.4, -0.2) is 32.1 Å². The predicted molar refractivity (Wildman–Crippen MR) is 124 cm³/mol. The van der Waals surface area contributed by atoms with E-state index < -0.39 is 5.60 Å². The van der Waals surface area contributed by atoms with Gasteiger partial charge < -0.3 is 15.2 Å². The fraction of sp³-hybridized carbons (Fsp3) is 0.440. The number of anilines is 1. The minimum atomic E-state index is -1.16. The Morgan fingerprint density at radius 1 is 1.25 bits per heavy atom. The number of carbonyl (C=O) groups is 2. The van der Waals surface area contributed by atoms with Gasteiger partial charge in [-0.2, -0.15) is 5.10 Å². The van der Waals surface area contributed by atoms with Crippen LogP contribution in [0.2, 0.25) is 0 Å². The lowest BCUT2D eigenvalue weighted by atomic mass is 9.84. The second-order valence-corrected chi connectivity index (χ2v) is 9.32. The molecular weight excluding hydrogens is 404 g/mol. The Hall–Kier alpha value is -3.06. The highest BCUT2D eigenvalue weighted by atomic mass is 16.3. The largest absolute Gasteiger partial charge is 0.386 e. The highest BCUT2D eigenvalue weighted by Crippen LogP contribution is 2.36. The van der Waals surface area contributed by atoms with E-state index in [2.05, 4.69) is 10.3 Å². The number of hydrogen-bond acceptors (Lipinski definition) is 5. The Labute approximate surface area is 187 Å². The molecule has 1 amide bonds. The zero-order valence-corrected chi connectivity index (χ0v) is 18.8. The molecule has 1 saturated carbocycles. The molecule has 1 aromatic carbocycles. The third kappa shape index (κ3) is 4.72. The van der Waals surface area contributed by atoms with Gasteiger partial charge in [-0.05, 0) is 76.6 Å². The van der Waals surface area contributed by atoms with Gasteiger partial charge in [0.15, 0.2) is 0 Å². The summed E-state index contributed by atoms with van der Waals surface area (Å²) in [6.45, 7) is 5.23. The van der Waals surface area contributed by atoms with Crippen LogP contribution >= 0.6 is 0 Å². The number of aromatic nitrogens is 3. The number of fused-ring (bicyclic) bond motifs is 1. The molecule has 0 aliphatic heterocycles. The van der Waals surface area contributed by atoms with Crippen LogP contribution in [-0.2, 0) is 10.4 Å². The van der Waals surface area contributed by atoms with E-state index in [9.17, 15) is 14.7 Å². The number of hydrogen-bond donors (Lipinski definition) is 2. The van der Waals surface area contributed by atoms with Crippen molar-refractivity contribution in [1.29, 1.82) is 0 Å². The van der Waals surface area contributed by atoms with Crippen molar-refractivity contribution in [3.8, 4) is 0 Å². The maximum Gasteiger partial charge on any atom is 0.274 e. The summed E-state index contributed by atoms with van der Waals surface area (Å²) in [7, 11) is 0. The van der Waals surface area contributed by atoms with Crippen molar-refractivity contribution in [2.24, 2.45) is 5.92 Å². The van der Waals surface area contributed by atoms with Crippen LogP contribution in [0.25, 0.3) is 10.9 Å². The topological polar surface area (TPSA) is 97.1 Å². The number of amides is 1. The number of benzene rings is 1. The molecule has 2 aromatic heterocycles. The minimum absolute atomic E-state index is 0.297.